The Morgan fingerprint density at radius 3 is 2.65 bits per heavy atom. The topological polar surface area (TPSA) is 41.6 Å². The van der Waals surface area contributed by atoms with E-state index in [9.17, 15) is 4.79 Å². The molecule has 23 heavy (non-hydrogen) atoms. The highest BCUT2D eigenvalue weighted by molar-refractivity contribution is 5.77. The molecule has 2 rings (SSSR count). The Balaban J connectivity index is 1.63. The molecule has 0 aliphatic rings. The van der Waals surface area contributed by atoms with Crippen LogP contribution in [0.15, 0.2) is 54.6 Å². The molecule has 0 unspecified atom stereocenters. The van der Waals surface area contributed by atoms with E-state index in [1.54, 1.807) is 0 Å². The predicted octanol–water partition coefficient (Wildman–Crippen LogP) is 2.62. The minimum atomic E-state index is 0.0104. The third kappa shape index (κ3) is 6.53. The number of benzene rings is 2. The Kier molecular flexibility index (Phi) is 6.63. The lowest BCUT2D eigenvalue weighted by Gasteiger charge is -2.16. The van der Waals surface area contributed by atoms with E-state index in [1.807, 2.05) is 61.3 Å². The Morgan fingerprint density at radius 1 is 1.13 bits per heavy atom. The van der Waals surface area contributed by atoms with Gasteiger partial charge >= 0.3 is 0 Å². The zero-order chi connectivity index (χ0) is 16.5. The van der Waals surface area contributed by atoms with Gasteiger partial charge in [-0.1, -0.05) is 42.5 Å². The van der Waals surface area contributed by atoms with Crippen molar-refractivity contribution in [2.45, 2.75) is 13.5 Å². The summed E-state index contributed by atoms with van der Waals surface area (Å²) < 4.78 is 5.61. The van der Waals surface area contributed by atoms with E-state index in [2.05, 4.69) is 17.4 Å². The molecule has 0 saturated heterocycles. The van der Waals surface area contributed by atoms with Crippen LogP contribution in [0.3, 0.4) is 0 Å². The van der Waals surface area contributed by atoms with Crippen LogP contribution in [0.25, 0.3) is 0 Å². The molecule has 0 aromatic heterocycles. The number of rotatable bonds is 8. The maximum Gasteiger partial charge on any atom is 0.234 e. The molecule has 0 atom stereocenters. The highest BCUT2D eigenvalue weighted by Gasteiger charge is 2.06. The molecule has 0 saturated carbocycles. The standard InChI is InChI=1S/C19H24N2O2/c1-16-7-6-10-18(13-16)23-12-11-20-19(22)15-21(2)14-17-8-4-3-5-9-17/h3-10,13H,11-12,14-15H2,1-2H3,(H,20,22). The monoisotopic (exact) mass is 312 g/mol. The van der Waals surface area contributed by atoms with Crippen LogP contribution in [-0.4, -0.2) is 37.6 Å². The number of aryl methyl sites for hydroxylation is 1. The van der Waals surface area contributed by atoms with Gasteiger partial charge in [0.25, 0.3) is 0 Å². The van der Waals surface area contributed by atoms with Crippen molar-refractivity contribution in [1.29, 1.82) is 0 Å². The average molecular weight is 312 g/mol. The fourth-order valence-electron chi connectivity index (χ4n) is 2.32. The molecule has 0 bridgehead atoms. The first-order valence-corrected chi connectivity index (χ1v) is 7.82. The van der Waals surface area contributed by atoms with E-state index in [-0.39, 0.29) is 5.91 Å². The molecule has 122 valence electrons. The maximum atomic E-state index is 11.9. The lowest BCUT2D eigenvalue weighted by atomic mass is 10.2. The number of ether oxygens (including phenoxy) is 1. The molecular weight excluding hydrogens is 288 g/mol. The molecule has 4 heteroatoms. The van der Waals surface area contributed by atoms with Gasteiger partial charge in [0.05, 0.1) is 13.1 Å². The first kappa shape index (κ1) is 17.0. The van der Waals surface area contributed by atoms with Crippen molar-refractivity contribution in [1.82, 2.24) is 10.2 Å². The van der Waals surface area contributed by atoms with Gasteiger partial charge in [-0.2, -0.15) is 0 Å². The summed E-state index contributed by atoms with van der Waals surface area (Å²) in [5.41, 5.74) is 2.36. The first-order valence-electron chi connectivity index (χ1n) is 7.82. The van der Waals surface area contributed by atoms with Crippen molar-refractivity contribution in [3.05, 3.63) is 65.7 Å². The molecule has 1 N–H and O–H groups in total. The molecule has 1 amide bonds. The molecular formula is C19H24N2O2. The summed E-state index contributed by atoms with van der Waals surface area (Å²) >= 11 is 0. The van der Waals surface area contributed by atoms with Crippen molar-refractivity contribution in [3.63, 3.8) is 0 Å². The van der Waals surface area contributed by atoms with E-state index < -0.39 is 0 Å². The van der Waals surface area contributed by atoms with Crippen LogP contribution in [0.2, 0.25) is 0 Å². The minimum Gasteiger partial charge on any atom is -0.492 e. The van der Waals surface area contributed by atoms with Gasteiger partial charge in [-0.25, -0.2) is 0 Å². The summed E-state index contributed by atoms with van der Waals surface area (Å²) in [7, 11) is 1.94. The molecule has 0 aliphatic carbocycles. The lowest BCUT2D eigenvalue weighted by Crippen LogP contribution is -2.36. The molecule has 2 aromatic carbocycles. The van der Waals surface area contributed by atoms with Crippen molar-refractivity contribution < 1.29 is 9.53 Å². The Bertz CT molecular complexity index is 614. The third-order valence-corrected chi connectivity index (χ3v) is 3.39. The van der Waals surface area contributed by atoms with E-state index >= 15 is 0 Å². The zero-order valence-corrected chi connectivity index (χ0v) is 13.8. The second-order valence-corrected chi connectivity index (χ2v) is 5.67. The van der Waals surface area contributed by atoms with Crippen molar-refractivity contribution in [2.75, 3.05) is 26.7 Å². The van der Waals surface area contributed by atoms with Crippen LogP contribution in [0.4, 0.5) is 0 Å². The van der Waals surface area contributed by atoms with Gasteiger partial charge in [-0.3, -0.25) is 9.69 Å². The van der Waals surface area contributed by atoms with Gasteiger partial charge in [0.1, 0.15) is 12.4 Å². The fraction of sp³-hybridized carbons (Fsp3) is 0.316. The van der Waals surface area contributed by atoms with E-state index in [4.69, 9.17) is 4.74 Å². The van der Waals surface area contributed by atoms with Crippen LogP contribution in [0, 0.1) is 6.92 Å². The summed E-state index contributed by atoms with van der Waals surface area (Å²) in [6.07, 6.45) is 0. The van der Waals surface area contributed by atoms with Gasteiger partial charge in [0.2, 0.25) is 5.91 Å². The summed E-state index contributed by atoms with van der Waals surface area (Å²) in [5.74, 6) is 0.844. The summed E-state index contributed by atoms with van der Waals surface area (Å²) in [4.78, 5) is 13.9. The van der Waals surface area contributed by atoms with Crippen molar-refractivity contribution >= 4 is 5.91 Å². The average Bonchev–Trinajstić information content (AvgIpc) is 2.52. The smallest absolute Gasteiger partial charge is 0.234 e. The number of carbonyl (C=O) groups excluding carboxylic acids is 1. The van der Waals surface area contributed by atoms with E-state index in [0.717, 1.165) is 17.9 Å². The van der Waals surface area contributed by atoms with Gasteiger partial charge in [0, 0.05) is 6.54 Å². The predicted molar refractivity (Wildman–Crippen MR) is 92.5 cm³/mol. The summed E-state index contributed by atoms with van der Waals surface area (Å²) in [6, 6.07) is 18.0. The number of amides is 1. The number of nitrogens with zero attached hydrogens (tertiary/aromatic N) is 1. The van der Waals surface area contributed by atoms with Crippen LogP contribution in [0.5, 0.6) is 5.75 Å². The van der Waals surface area contributed by atoms with Gasteiger partial charge in [0.15, 0.2) is 0 Å². The zero-order valence-electron chi connectivity index (χ0n) is 13.8. The van der Waals surface area contributed by atoms with Crippen LogP contribution in [0.1, 0.15) is 11.1 Å². The van der Waals surface area contributed by atoms with Crippen molar-refractivity contribution in [2.24, 2.45) is 0 Å². The number of hydrogen-bond acceptors (Lipinski definition) is 3. The second kappa shape index (κ2) is 8.96. The number of hydrogen-bond donors (Lipinski definition) is 1. The SMILES string of the molecule is Cc1cccc(OCCNC(=O)CN(C)Cc2ccccc2)c1. The molecule has 0 radical (unpaired) electrons. The summed E-state index contributed by atoms with van der Waals surface area (Å²) in [5, 5.41) is 2.88. The quantitative estimate of drug-likeness (QED) is 0.762. The summed E-state index contributed by atoms with van der Waals surface area (Å²) in [6.45, 7) is 4.13. The Labute approximate surface area is 138 Å². The Hall–Kier alpha value is -2.33. The van der Waals surface area contributed by atoms with Gasteiger partial charge in [-0.05, 0) is 37.2 Å². The second-order valence-electron chi connectivity index (χ2n) is 5.67. The molecule has 0 fully saturated rings. The highest BCUT2D eigenvalue weighted by Crippen LogP contribution is 2.11. The molecule has 0 heterocycles. The number of carbonyl (C=O) groups is 1. The highest BCUT2D eigenvalue weighted by atomic mass is 16.5. The van der Waals surface area contributed by atoms with E-state index in [1.165, 1.54) is 5.56 Å². The molecule has 4 nitrogen and oxygen atoms in total. The lowest BCUT2D eigenvalue weighted by molar-refractivity contribution is -0.122. The number of nitrogens with one attached hydrogen (secondary N) is 1. The minimum absolute atomic E-state index is 0.0104. The Morgan fingerprint density at radius 2 is 1.91 bits per heavy atom. The fourth-order valence-corrected chi connectivity index (χ4v) is 2.32. The van der Waals surface area contributed by atoms with E-state index in [0.29, 0.717) is 19.7 Å². The van der Waals surface area contributed by atoms with Crippen molar-refractivity contribution in [3.8, 4) is 5.75 Å². The van der Waals surface area contributed by atoms with Gasteiger partial charge < -0.3 is 10.1 Å². The van der Waals surface area contributed by atoms with Crippen LogP contribution < -0.4 is 10.1 Å². The molecule has 2 aromatic rings. The third-order valence-electron chi connectivity index (χ3n) is 3.39. The van der Waals surface area contributed by atoms with Crippen LogP contribution in [-0.2, 0) is 11.3 Å². The number of likely N-dealkylation sites (N-methyl/N-ethyl adjacent to an activating group) is 1. The first-order chi connectivity index (χ1) is 11.1. The molecule has 0 aliphatic heterocycles. The van der Waals surface area contributed by atoms with Crippen LogP contribution >= 0.6 is 0 Å². The van der Waals surface area contributed by atoms with Gasteiger partial charge in [-0.15, -0.1) is 0 Å². The molecule has 0 spiro atoms. The largest absolute Gasteiger partial charge is 0.492 e. The normalized spacial score (nSPS) is 10.6. The maximum absolute atomic E-state index is 11.9.